The van der Waals surface area contributed by atoms with Gasteiger partial charge >= 0.3 is 20.1 Å². The summed E-state index contributed by atoms with van der Waals surface area (Å²) in [4.78, 5) is 23.5. The molecule has 152 valence electrons. The maximum absolute atomic E-state index is 14.4. The molecule has 0 aromatic heterocycles. The molecule has 0 saturated carbocycles. The Hall–Kier alpha value is -1.15. The molecule has 10 heteroatoms. The highest BCUT2D eigenvalue weighted by Crippen LogP contribution is 2.35. The number of Topliss-reactive ketones (excluding diaryl/α,β-unsaturated/α-hetero) is 1. The van der Waals surface area contributed by atoms with Gasteiger partial charge in [-0.2, -0.15) is 0 Å². The molecule has 0 saturated heterocycles. The zero-order valence-electron chi connectivity index (χ0n) is 16.3. The summed E-state index contributed by atoms with van der Waals surface area (Å²) >= 11 is 0. The smallest absolute Gasteiger partial charge is 0.444 e. The van der Waals surface area contributed by atoms with Crippen LogP contribution in [-0.4, -0.2) is 55.5 Å². The van der Waals surface area contributed by atoms with Gasteiger partial charge in [-0.25, -0.2) is 9.18 Å². The van der Waals surface area contributed by atoms with Crippen LogP contribution in [0.2, 0.25) is 0 Å². The van der Waals surface area contributed by atoms with Gasteiger partial charge in [0.2, 0.25) is 0 Å². The lowest BCUT2D eigenvalue weighted by Crippen LogP contribution is -2.44. The topological polar surface area (TPSA) is 100 Å². The number of hydrogen-bond acceptors (Lipinski definition) is 7. The lowest BCUT2D eigenvalue weighted by molar-refractivity contribution is -0.345. The van der Waals surface area contributed by atoms with Gasteiger partial charge in [-0.05, 0) is 46.1 Å². The molecule has 0 fully saturated rings. The number of alkyl halides is 1. The first kappa shape index (κ1) is 24.8. The highest BCUT2D eigenvalue weighted by atomic mass is 31.1. The van der Waals surface area contributed by atoms with Crippen molar-refractivity contribution in [2.45, 2.75) is 65.7 Å². The SMILES string of the molecule is CCOC(CC(F)C(=O)CNC(=O)OC(C)(C)C)(OCC)O[P+](=O)CC. The van der Waals surface area contributed by atoms with Gasteiger partial charge in [-0.15, -0.1) is 0 Å². The fourth-order valence-corrected chi connectivity index (χ4v) is 2.45. The van der Waals surface area contributed by atoms with E-state index in [1.54, 1.807) is 41.5 Å². The van der Waals surface area contributed by atoms with E-state index >= 15 is 0 Å². The number of carbonyl (C=O) groups is 2. The van der Waals surface area contributed by atoms with Crippen LogP contribution in [0.15, 0.2) is 0 Å². The first-order chi connectivity index (χ1) is 12.0. The third kappa shape index (κ3) is 10.1. The molecule has 8 nitrogen and oxygen atoms in total. The number of alkyl carbamates (subject to hydrolysis) is 1. The Bertz CT molecular complexity index is 476. The standard InChI is InChI=1S/C16H29FNO7P/c1-7-22-16(23-8-2,25-26(21)9-3)10-12(17)13(19)11-18-14(20)24-15(4,5)6/h12H,7-11H2,1-6H3/p+1. The van der Waals surface area contributed by atoms with Crippen LogP contribution in [0.1, 0.15) is 48.0 Å². The molecule has 26 heavy (non-hydrogen) atoms. The fraction of sp³-hybridized carbons (Fsp3) is 0.875. The van der Waals surface area contributed by atoms with E-state index in [0.29, 0.717) is 0 Å². The Morgan fingerprint density at radius 3 is 2.08 bits per heavy atom. The normalized spacial score (nSPS) is 13.9. The molecule has 0 aliphatic rings. The summed E-state index contributed by atoms with van der Waals surface area (Å²) in [7, 11) is -2.14. The third-order valence-corrected chi connectivity index (χ3v) is 3.81. The van der Waals surface area contributed by atoms with Crippen molar-refractivity contribution in [2.75, 3.05) is 25.9 Å². The Morgan fingerprint density at radius 2 is 1.65 bits per heavy atom. The van der Waals surface area contributed by atoms with Gasteiger partial charge in [-0.1, -0.05) is 4.52 Å². The quantitative estimate of drug-likeness (QED) is 0.398. The molecule has 1 amide bonds. The van der Waals surface area contributed by atoms with E-state index in [4.69, 9.17) is 18.7 Å². The maximum atomic E-state index is 14.4. The molecular weight excluding hydrogens is 368 g/mol. The van der Waals surface area contributed by atoms with E-state index in [-0.39, 0.29) is 19.4 Å². The van der Waals surface area contributed by atoms with Crippen molar-refractivity contribution < 1.29 is 37.3 Å². The van der Waals surface area contributed by atoms with Crippen molar-refractivity contribution in [1.82, 2.24) is 5.32 Å². The summed E-state index contributed by atoms with van der Waals surface area (Å²) < 4.78 is 47.0. The number of amides is 1. The number of hydrogen-bond donors (Lipinski definition) is 1. The van der Waals surface area contributed by atoms with Crippen LogP contribution >= 0.6 is 8.03 Å². The summed E-state index contributed by atoms with van der Waals surface area (Å²) in [5, 5.41) is 2.19. The number of halogens is 1. The van der Waals surface area contributed by atoms with E-state index < -0.39 is 50.6 Å². The number of ether oxygens (including phenoxy) is 3. The predicted octanol–water partition coefficient (Wildman–Crippen LogP) is 3.31. The summed E-state index contributed by atoms with van der Waals surface area (Å²) in [5.74, 6) is -2.83. The average Bonchev–Trinajstić information content (AvgIpc) is 2.51. The Morgan fingerprint density at radius 1 is 1.12 bits per heavy atom. The number of carbonyl (C=O) groups excluding carboxylic acids is 2. The monoisotopic (exact) mass is 398 g/mol. The van der Waals surface area contributed by atoms with Crippen molar-refractivity contribution >= 4 is 19.9 Å². The van der Waals surface area contributed by atoms with Crippen LogP contribution in [0.5, 0.6) is 0 Å². The minimum Gasteiger partial charge on any atom is -0.444 e. The molecule has 0 spiro atoms. The summed E-state index contributed by atoms with van der Waals surface area (Å²) in [6.45, 7) is 9.53. The lowest BCUT2D eigenvalue weighted by Gasteiger charge is -2.28. The Kier molecular flexibility index (Phi) is 11.0. The third-order valence-electron chi connectivity index (χ3n) is 2.81. The molecule has 0 radical (unpaired) electrons. The van der Waals surface area contributed by atoms with Gasteiger partial charge in [0.15, 0.2) is 18.1 Å². The second-order valence-electron chi connectivity index (χ2n) is 6.28. The molecule has 2 atom stereocenters. The van der Waals surface area contributed by atoms with E-state index in [9.17, 15) is 18.5 Å². The van der Waals surface area contributed by atoms with Crippen LogP contribution in [-0.2, 0) is 28.1 Å². The van der Waals surface area contributed by atoms with Crippen LogP contribution in [0.3, 0.4) is 0 Å². The summed E-state index contributed by atoms with van der Waals surface area (Å²) in [5.41, 5.74) is -0.735. The zero-order chi connectivity index (χ0) is 20.4. The Labute approximate surface area is 154 Å². The number of ketones is 1. The van der Waals surface area contributed by atoms with Gasteiger partial charge in [-0.3, -0.25) is 4.79 Å². The molecule has 0 heterocycles. The molecule has 2 unspecified atom stereocenters. The van der Waals surface area contributed by atoms with Gasteiger partial charge < -0.3 is 19.5 Å². The summed E-state index contributed by atoms with van der Waals surface area (Å²) in [6, 6.07) is 0. The summed E-state index contributed by atoms with van der Waals surface area (Å²) in [6.07, 6.45) is -3.31. The van der Waals surface area contributed by atoms with E-state index in [1.807, 2.05) is 0 Å². The number of nitrogens with one attached hydrogen (secondary N) is 1. The van der Waals surface area contributed by atoms with Gasteiger partial charge in [0.25, 0.3) is 0 Å². The molecule has 0 aromatic rings. The number of rotatable bonds is 12. The van der Waals surface area contributed by atoms with Crippen molar-refractivity contribution in [3.63, 3.8) is 0 Å². The van der Waals surface area contributed by atoms with E-state index in [2.05, 4.69) is 5.32 Å². The minimum absolute atomic E-state index is 0.101. The van der Waals surface area contributed by atoms with Gasteiger partial charge in [0.05, 0.1) is 13.0 Å². The van der Waals surface area contributed by atoms with E-state index in [1.165, 1.54) is 0 Å². The van der Waals surface area contributed by atoms with Gasteiger partial charge in [0.1, 0.15) is 5.60 Å². The zero-order valence-corrected chi connectivity index (χ0v) is 17.2. The van der Waals surface area contributed by atoms with Crippen molar-refractivity contribution in [1.29, 1.82) is 0 Å². The highest BCUT2D eigenvalue weighted by molar-refractivity contribution is 7.39. The van der Waals surface area contributed by atoms with Crippen molar-refractivity contribution in [3.05, 3.63) is 0 Å². The average molecular weight is 398 g/mol. The first-order valence-corrected chi connectivity index (χ1v) is 9.90. The van der Waals surface area contributed by atoms with Crippen LogP contribution in [0.4, 0.5) is 9.18 Å². The fourth-order valence-electron chi connectivity index (χ4n) is 1.83. The lowest BCUT2D eigenvalue weighted by atomic mass is 10.1. The molecular formula is C16H30FNO7P+. The van der Waals surface area contributed by atoms with Gasteiger partial charge in [0, 0.05) is 13.2 Å². The molecule has 0 rings (SSSR count). The first-order valence-electron chi connectivity index (χ1n) is 8.53. The van der Waals surface area contributed by atoms with Crippen molar-refractivity contribution in [2.24, 2.45) is 0 Å². The van der Waals surface area contributed by atoms with Crippen molar-refractivity contribution in [3.8, 4) is 0 Å². The minimum atomic E-state index is -2.14. The highest BCUT2D eigenvalue weighted by Gasteiger charge is 2.45. The second-order valence-corrected chi connectivity index (χ2v) is 7.76. The van der Waals surface area contributed by atoms with Crippen LogP contribution in [0, 0.1) is 0 Å². The second kappa shape index (κ2) is 11.5. The largest absolute Gasteiger partial charge is 0.513 e. The van der Waals surface area contributed by atoms with Crippen LogP contribution < -0.4 is 5.32 Å². The molecule has 0 aliphatic heterocycles. The molecule has 1 N–H and O–H groups in total. The Balaban J connectivity index is 4.89. The van der Waals surface area contributed by atoms with E-state index in [0.717, 1.165) is 0 Å². The maximum Gasteiger partial charge on any atom is 0.513 e. The molecule has 0 bridgehead atoms. The molecule has 0 aromatic carbocycles. The molecule has 0 aliphatic carbocycles. The van der Waals surface area contributed by atoms with Crippen LogP contribution in [0.25, 0.3) is 0 Å². The predicted molar refractivity (Wildman–Crippen MR) is 94.0 cm³/mol.